The summed E-state index contributed by atoms with van der Waals surface area (Å²) in [5, 5.41) is 14.3. The molecule has 0 aromatic carbocycles. The van der Waals surface area contributed by atoms with Crippen LogP contribution in [0.25, 0.3) is 0 Å². The number of rotatable bonds is 3. The normalized spacial score (nSPS) is 22.1. The zero-order valence-electron chi connectivity index (χ0n) is 8.67. The van der Waals surface area contributed by atoms with Crippen molar-refractivity contribution in [2.75, 3.05) is 13.2 Å². The minimum Gasteiger partial charge on any atom is -0.394 e. The lowest BCUT2D eigenvalue weighted by molar-refractivity contribution is 0.0879. The smallest absolute Gasteiger partial charge is 0.317 e. The molecule has 3 N–H and O–H groups in total. The molecular formula is C9H18N2O3. The van der Waals surface area contributed by atoms with E-state index >= 15 is 0 Å². The largest absolute Gasteiger partial charge is 0.394 e. The van der Waals surface area contributed by atoms with Crippen molar-refractivity contribution in [2.24, 2.45) is 0 Å². The van der Waals surface area contributed by atoms with Crippen LogP contribution in [0.2, 0.25) is 0 Å². The summed E-state index contributed by atoms with van der Waals surface area (Å²) in [6, 6.07) is -0.295. The molecule has 0 aromatic rings. The highest BCUT2D eigenvalue weighted by Crippen LogP contribution is 2.09. The van der Waals surface area contributed by atoms with Crippen molar-refractivity contribution >= 4 is 6.03 Å². The quantitative estimate of drug-likeness (QED) is 0.612. The van der Waals surface area contributed by atoms with Crippen LogP contribution in [0.15, 0.2) is 0 Å². The van der Waals surface area contributed by atoms with Crippen LogP contribution >= 0.6 is 0 Å². The Hall–Kier alpha value is -0.810. The molecule has 82 valence electrons. The van der Waals surface area contributed by atoms with E-state index < -0.39 is 5.54 Å². The first kappa shape index (κ1) is 11.3. The maximum Gasteiger partial charge on any atom is 0.317 e. The molecule has 0 aliphatic carbocycles. The van der Waals surface area contributed by atoms with Crippen molar-refractivity contribution in [3.8, 4) is 0 Å². The summed E-state index contributed by atoms with van der Waals surface area (Å²) < 4.78 is 5.24. The fraction of sp³-hybridized carbons (Fsp3) is 0.889. The van der Waals surface area contributed by atoms with E-state index in [9.17, 15) is 4.79 Å². The Balaban J connectivity index is 2.27. The molecule has 1 unspecified atom stereocenters. The fourth-order valence-electron chi connectivity index (χ4n) is 1.22. The number of carbonyl (C=O) groups is 1. The highest BCUT2D eigenvalue weighted by atomic mass is 16.5. The van der Waals surface area contributed by atoms with Crippen LogP contribution in [-0.2, 0) is 4.74 Å². The summed E-state index contributed by atoms with van der Waals surface area (Å²) in [5.74, 6) is 0. The van der Waals surface area contributed by atoms with Crippen LogP contribution in [0, 0.1) is 0 Å². The Morgan fingerprint density at radius 3 is 2.86 bits per heavy atom. The van der Waals surface area contributed by atoms with Crippen molar-refractivity contribution in [1.82, 2.24) is 10.6 Å². The number of hydrogen-bond acceptors (Lipinski definition) is 3. The third-order valence-electron chi connectivity index (χ3n) is 2.07. The van der Waals surface area contributed by atoms with Gasteiger partial charge in [0.15, 0.2) is 0 Å². The molecule has 0 aromatic heterocycles. The van der Waals surface area contributed by atoms with Gasteiger partial charge in [0.05, 0.1) is 12.1 Å². The van der Waals surface area contributed by atoms with E-state index in [2.05, 4.69) is 10.6 Å². The summed E-state index contributed by atoms with van der Waals surface area (Å²) in [5.41, 5.74) is -0.595. The SMILES string of the molecule is CC(C)(CO)NC(=O)NC1CCCO1. The van der Waals surface area contributed by atoms with Crippen molar-refractivity contribution < 1.29 is 14.6 Å². The summed E-state index contributed by atoms with van der Waals surface area (Å²) in [4.78, 5) is 11.4. The number of aliphatic hydroxyl groups excluding tert-OH is 1. The second-order valence-corrected chi connectivity index (χ2v) is 4.14. The van der Waals surface area contributed by atoms with Crippen molar-refractivity contribution in [1.29, 1.82) is 0 Å². The Bertz CT molecular complexity index is 200. The molecule has 1 fully saturated rings. The van der Waals surface area contributed by atoms with Gasteiger partial charge >= 0.3 is 6.03 Å². The monoisotopic (exact) mass is 202 g/mol. The summed E-state index contributed by atoms with van der Waals surface area (Å²) in [6.45, 7) is 4.12. The fourth-order valence-corrected chi connectivity index (χ4v) is 1.22. The highest BCUT2D eigenvalue weighted by molar-refractivity contribution is 5.74. The molecule has 14 heavy (non-hydrogen) atoms. The van der Waals surface area contributed by atoms with E-state index in [0.717, 1.165) is 12.8 Å². The van der Waals surface area contributed by atoms with Gasteiger partial charge in [-0.15, -0.1) is 0 Å². The third kappa shape index (κ3) is 3.51. The number of hydrogen-bond donors (Lipinski definition) is 3. The van der Waals surface area contributed by atoms with Crippen LogP contribution in [-0.4, -0.2) is 36.1 Å². The second kappa shape index (κ2) is 4.61. The lowest BCUT2D eigenvalue weighted by Crippen LogP contribution is -2.52. The molecule has 1 heterocycles. The zero-order valence-corrected chi connectivity index (χ0v) is 8.67. The van der Waals surface area contributed by atoms with Gasteiger partial charge in [-0.1, -0.05) is 0 Å². The van der Waals surface area contributed by atoms with Crippen LogP contribution in [0.5, 0.6) is 0 Å². The van der Waals surface area contributed by atoms with Crippen LogP contribution < -0.4 is 10.6 Å². The molecule has 5 heteroatoms. The van der Waals surface area contributed by atoms with E-state index in [4.69, 9.17) is 9.84 Å². The van der Waals surface area contributed by atoms with E-state index in [0.29, 0.717) is 6.61 Å². The Morgan fingerprint density at radius 1 is 1.64 bits per heavy atom. The van der Waals surface area contributed by atoms with E-state index in [-0.39, 0.29) is 18.9 Å². The molecule has 1 atom stereocenters. The van der Waals surface area contributed by atoms with Crippen molar-refractivity contribution in [2.45, 2.75) is 38.5 Å². The van der Waals surface area contributed by atoms with Gasteiger partial charge < -0.3 is 20.5 Å². The molecule has 1 aliphatic heterocycles. The summed E-state index contributed by atoms with van der Waals surface area (Å²) >= 11 is 0. The molecule has 1 rings (SSSR count). The van der Waals surface area contributed by atoms with Gasteiger partial charge in [0.1, 0.15) is 6.23 Å². The summed E-state index contributed by atoms with van der Waals surface area (Å²) in [7, 11) is 0. The van der Waals surface area contributed by atoms with Gasteiger partial charge in [-0.2, -0.15) is 0 Å². The number of aliphatic hydroxyl groups is 1. The molecule has 5 nitrogen and oxygen atoms in total. The minimum atomic E-state index is -0.595. The minimum absolute atomic E-state index is 0.0913. The highest BCUT2D eigenvalue weighted by Gasteiger charge is 2.22. The summed E-state index contributed by atoms with van der Waals surface area (Å²) in [6.07, 6.45) is 1.66. The van der Waals surface area contributed by atoms with Gasteiger partial charge in [-0.3, -0.25) is 0 Å². The maximum absolute atomic E-state index is 11.4. The van der Waals surface area contributed by atoms with Crippen LogP contribution in [0.1, 0.15) is 26.7 Å². The second-order valence-electron chi connectivity index (χ2n) is 4.14. The molecule has 0 bridgehead atoms. The van der Waals surface area contributed by atoms with Gasteiger partial charge in [-0.25, -0.2) is 4.79 Å². The maximum atomic E-state index is 11.4. The average molecular weight is 202 g/mol. The first-order valence-electron chi connectivity index (χ1n) is 4.85. The van der Waals surface area contributed by atoms with Gasteiger partial charge in [0.25, 0.3) is 0 Å². The Kier molecular flexibility index (Phi) is 3.71. The predicted octanol–water partition coefficient (Wildman–Crippen LogP) is 0.193. The first-order chi connectivity index (χ1) is 6.53. The predicted molar refractivity (Wildman–Crippen MR) is 51.8 cm³/mol. The standard InChI is InChI=1S/C9H18N2O3/c1-9(2,6-12)11-8(13)10-7-4-3-5-14-7/h7,12H,3-6H2,1-2H3,(H2,10,11,13). The topological polar surface area (TPSA) is 70.6 Å². The van der Waals surface area contributed by atoms with E-state index in [1.54, 1.807) is 13.8 Å². The van der Waals surface area contributed by atoms with Gasteiger partial charge in [-0.05, 0) is 26.7 Å². The lowest BCUT2D eigenvalue weighted by atomic mass is 10.1. The Morgan fingerprint density at radius 2 is 2.36 bits per heavy atom. The lowest BCUT2D eigenvalue weighted by Gasteiger charge is -2.24. The number of ether oxygens (including phenoxy) is 1. The molecule has 0 radical (unpaired) electrons. The Labute approximate surface area is 83.8 Å². The average Bonchev–Trinajstić information content (AvgIpc) is 2.55. The molecule has 0 saturated carbocycles. The van der Waals surface area contributed by atoms with Crippen molar-refractivity contribution in [3.63, 3.8) is 0 Å². The zero-order chi connectivity index (χ0) is 10.6. The number of nitrogens with one attached hydrogen (secondary N) is 2. The molecule has 1 aliphatic rings. The third-order valence-corrected chi connectivity index (χ3v) is 2.07. The number of carbonyl (C=O) groups excluding carboxylic acids is 1. The first-order valence-corrected chi connectivity index (χ1v) is 4.85. The van der Waals surface area contributed by atoms with E-state index in [1.165, 1.54) is 0 Å². The number of amides is 2. The molecule has 1 saturated heterocycles. The van der Waals surface area contributed by atoms with Gasteiger partial charge in [0, 0.05) is 6.61 Å². The van der Waals surface area contributed by atoms with Crippen molar-refractivity contribution in [3.05, 3.63) is 0 Å². The molecular weight excluding hydrogens is 184 g/mol. The molecule has 0 spiro atoms. The van der Waals surface area contributed by atoms with Crippen LogP contribution in [0.4, 0.5) is 4.79 Å². The molecule has 2 amide bonds. The van der Waals surface area contributed by atoms with Crippen LogP contribution in [0.3, 0.4) is 0 Å². The van der Waals surface area contributed by atoms with Gasteiger partial charge in [0.2, 0.25) is 0 Å². The number of urea groups is 1. The van der Waals surface area contributed by atoms with E-state index in [1.807, 2.05) is 0 Å².